The second kappa shape index (κ2) is 10.1. The van der Waals surface area contributed by atoms with E-state index in [2.05, 4.69) is 27.2 Å². The second-order valence-corrected chi connectivity index (χ2v) is 7.95. The van der Waals surface area contributed by atoms with Crippen LogP contribution in [-0.2, 0) is 0 Å². The molecule has 2 aromatic heterocycles. The highest BCUT2D eigenvalue weighted by Gasteiger charge is 2.24. The maximum absolute atomic E-state index is 11.9. The van der Waals surface area contributed by atoms with Crippen molar-refractivity contribution in [2.75, 3.05) is 11.9 Å². The molecule has 0 aliphatic carbocycles. The lowest BCUT2D eigenvalue weighted by Gasteiger charge is -2.10. The molecule has 8 nitrogen and oxygen atoms in total. The topological polar surface area (TPSA) is 103 Å². The summed E-state index contributed by atoms with van der Waals surface area (Å²) in [6.07, 6.45) is 5.06. The maximum atomic E-state index is 11.9. The second-order valence-electron chi connectivity index (χ2n) is 6.92. The SMILES string of the molecule is CCCCOc1ccc(Nc2ncnc(Sc3cccc4cccnc34)c2[N+](=O)[O-])cc1. The van der Waals surface area contributed by atoms with E-state index in [1.165, 1.54) is 18.1 Å². The van der Waals surface area contributed by atoms with Gasteiger partial charge in [-0.15, -0.1) is 0 Å². The zero-order valence-corrected chi connectivity index (χ0v) is 18.2. The summed E-state index contributed by atoms with van der Waals surface area (Å²) in [5.74, 6) is 0.876. The molecule has 0 atom stereocenters. The van der Waals surface area contributed by atoms with E-state index in [9.17, 15) is 10.1 Å². The van der Waals surface area contributed by atoms with Gasteiger partial charge in [-0.1, -0.05) is 43.3 Å². The van der Waals surface area contributed by atoms with E-state index in [-0.39, 0.29) is 16.5 Å². The molecule has 2 aromatic carbocycles. The van der Waals surface area contributed by atoms with E-state index < -0.39 is 4.92 Å². The molecule has 9 heteroatoms. The first-order chi connectivity index (χ1) is 15.7. The number of pyridine rings is 1. The maximum Gasteiger partial charge on any atom is 0.343 e. The van der Waals surface area contributed by atoms with E-state index in [1.54, 1.807) is 18.3 Å². The first-order valence-electron chi connectivity index (χ1n) is 10.2. The van der Waals surface area contributed by atoms with Gasteiger partial charge < -0.3 is 10.1 Å². The number of aromatic nitrogens is 3. The quantitative estimate of drug-likeness (QED) is 0.144. The number of unbranched alkanes of at least 4 members (excludes halogenated alkanes) is 1. The van der Waals surface area contributed by atoms with E-state index in [0.29, 0.717) is 12.3 Å². The Morgan fingerprint density at radius 3 is 2.66 bits per heavy atom. The number of ether oxygens (including phenoxy) is 1. The molecule has 2 heterocycles. The molecule has 0 saturated heterocycles. The molecule has 162 valence electrons. The lowest BCUT2D eigenvalue weighted by molar-refractivity contribution is -0.387. The van der Waals surface area contributed by atoms with Gasteiger partial charge in [-0.2, -0.15) is 0 Å². The van der Waals surface area contributed by atoms with Crippen LogP contribution in [0.15, 0.2) is 77.0 Å². The number of rotatable bonds is 9. The van der Waals surface area contributed by atoms with Gasteiger partial charge in [0.15, 0.2) is 5.03 Å². The van der Waals surface area contributed by atoms with Gasteiger partial charge in [-0.05, 0) is 42.8 Å². The van der Waals surface area contributed by atoms with Crippen LogP contribution >= 0.6 is 11.8 Å². The molecule has 0 aliphatic heterocycles. The minimum atomic E-state index is -0.467. The van der Waals surface area contributed by atoms with Crippen molar-refractivity contribution in [1.29, 1.82) is 0 Å². The predicted octanol–water partition coefficient (Wildman–Crippen LogP) is 6.01. The number of hydrogen-bond acceptors (Lipinski definition) is 8. The van der Waals surface area contributed by atoms with Crippen molar-refractivity contribution in [3.63, 3.8) is 0 Å². The average molecular weight is 448 g/mol. The molecule has 0 bridgehead atoms. The Morgan fingerprint density at radius 2 is 1.88 bits per heavy atom. The number of fused-ring (bicyclic) bond motifs is 1. The van der Waals surface area contributed by atoms with Crippen molar-refractivity contribution >= 4 is 39.9 Å². The number of nitrogens with one attached hydrogen (secondary N) is 1. The minimum Gasteiger partial charge on any atom is -0.494 e. The summed E-state index contributed by atoms with van der Waals surface area (Å²) in [5, 5.41) is 16.2. The zero-order valence-electron chi connectivity index (χ0n) is 17.4. The number of hydrogen-bond donors (Lipinski definition) is 1. The monoisotopic (exact) mass is 447 g/mol. The summed E-state index contributed by atoms with van der Waals surface area (Å²) < 4.78 is 5.66. The molecule has 4 rings (SSSR count). The summed E-state index contributed by atoms with van der Waals surface area (Å²) in [6, 6.07) is 16.8. The Hall–Kier alpha value is -3.72. The molecule has 0 unspecified atom stereocenters. The summed E-state index contributed by atoms with van der Waals surface area (Å²) >= 11 is 1.20. The normalized spacial score (nSPS) is 10.8. The van der Waals surface area contributed by atoms with Gasteiger partial charge in [0.05, 0.1) is 17.0 Å². The third-order valence-corrected chi connectivity index (χ3v) is 5.70. The standard InChI is InChI=1S/C23H21N5O3S/c1-2-3-14-31-18-11-9-17(10-12-18)27-22-21(28(29)30)23(26-15-25-22)32-19-8-4-6-16-7-5-13-24-20(16)19/h4-13,15H,2-3,14H2,1H3,(H,25,26,27). The zero-order chi connectivity index (χ0) is 22.3. The lowest BCUT2D eigenvalue weighted by atomic mass is 10.2. The van der Waals surface area contributed by atoms with Crippen LogP contribution in [0.1, 0.15) is 19.8 Å². The first kappa shape index (κ1) is 21.5. The van der Waals surface area contributed by atoms with Crippen LogP contribution in [0.3, 0.4) is 0 Å². The number of nitro groups is 1. The van der Waals surface area contributed by atoms with Crippen molar-refractivity contribution < 1.29 is 9.66 Å². The van der Waals surface area contributed by atoms with E-state index in [1.807, 2.05) is 42.5 Å². The van der Waals surface area contributed by atoms with Crippen LogP contribution in [0, 0.1) is 10.1 Å². The van der Waals surface area contributed by atoms with Gasteiger partial charge in [0.25, 0.3) is 0 Å². The number of para-hydroxylation sites is 1. The third kappa shape index (κ3) is 4.94. The Bertz CT molecular complexity index is 1230. The average Bonchev–Trinajstić information content (AvgIpc) is 2.81. The van der Waals surface area contributed by atoms with E-state index in [0.717, 1.165) is 34.4 Å². The van der Waals surface area contributed by atoms with Crippen LogP contribution < -0.4 is 10.1 Å². The third-order valence-electron chi connectivity index (χ3n) is 4.66. The van der Waals surface area contributed by atoms with Crippen molar-refractivity contribution in [2.45, 2.75) is 29.7 Å². The van der Waals surface area contributed by atoms with Gasteiger partial charge in [0.1, 0.15) is 12.1 Å². The van der Waals surface area contributed by atoms with E-state index in [4.69, 9.17) is 4.74 Å². The summed E-state index contributed by atoms with van der Waals surface area (Å²) in [7, 11) is 0. The van der Waals surface area contributed by atoms with Gasteiger partial charge in [0, 0.05) is 22.2 Å². The van der Waals surface area contributed by atoms with Crippen LogP contribution in [0.2, 0.25) is 0 Å². The molecule has 1 N–H and O–H groups in total. The molecule has 32 heavy (non-hydrogen) atoms. The molecular formula is C23H21N5O3S. The van der Waals surface area contributed by atoms with Crippen LogP contribution in [0.4, 0.5) is 17.2 Å². The molecule has 0 spiro atoms. The molecule has 0 radical (unpaired) electrons. The summed E-state index contributed by atoms with van der Waals surface area (Å²) in [4.78, 5) is 25.0. The fraction of sp³-hybridized carbons (Fsp3) is 0.174. The Labute approximate surface area is 189 Å². The predicted molar refractivity (Wildman–Crippen MR) is 125 cm³/mol. The van der Waals surface area contributed by atoms with Crippen molar-refractivity contribution in [3.8, 4) is 5.75 Å². The van der Waals surface area contributed by atoms with Crippen LogP contribution in [-0.4, -0.2) is 26.5 Å². The molecule has 0 saturated carbocycles. The van der Waals surface area contributed by atoms with Crippen molar-refractivity contribution in [2.24, 2.45) is 0 Å². The highest BCUT2D eigenvalue weighted by Crippen LogP contribution is 2.39. The molecule has 4 aromatic rings. The Balaban J connectivity index is 1.60. The molecule has 0 fully saturated rings. The smallest absolute Gasteiger partial charge is 0.343 e. The van der Waals surface area contributed by atoms with Gasteiger partial charge in [-0.25, -0.2) is 9.97 Å². The van der Waals surface area contributed by atoms with Crippen LogP contribution in [0.5, 0.6) is 5.75 Å². The molecule has 0 aliphatic rings. The highest BCUT2D eigenvalue weighted by atomic mass is 32.2. The van der Waals surface area contributed by atoms with Crippen LogP contribution in [0.25, 0.3) is 10.9 Å². The Kier molecular flexibility index (Phi) is 6.76. The van der Waals surface area contributed by atoms with Crippen molar-refractivity contribution in [1.82, 2.24) is 15.0 Å². The van der Waals surface area contributed by atoms with Gasteiger partial charge in [0.2, 0.25) is 5.82 Å². The summed E-state index contributed by atoms with van der Waals surface area (Å²) in [5.41, 5.74) is 1.24. The van der Waals surface area contributed by atoms with E-state index >= 15 is 0 Å². The van der Waals surface area contributed by atoms with Crippen molar-refractivity contribution in [3.05, 3.63) is 77.2 Å². The number of nitrogens with zero attached hydrogens (tertiary/aromatic N) is 4. The highest BCUT2D eigenvalue weighted by molar-refractivity contribution is 7.99. The molecule has 0 amide bonds. The number of anilines is 2. The number of benzene rings is 2. The minimum absolute atomic E-state index is 0.125. The Morgan fingerprint density at radius 1 is 1.06 bits per heavy atom. The molecular weight excluding hydrogens is 426 g/mol. The summed E-state index contributed by atoms with van der Waals surface area (Å²) in [6.45, 7) is 2.76. The largest absolute Gasteiger partial charge is 0.494 e. The fourth-order valence-corrected chi connectivity index (χ4v) is 4.05. The first-order valence-corrected chi connectivity index (χ1v) is 11.0. The van der Waals surface area contributed by atoms with Gasteiger partial charge >= 0.3 is 5.69 Å². The fourth-order valence-electron chi connectivity index (χ4n) is 3.06. The lowest BCUT2D eigenvalue weighted by Crippen LogP contribution is -2.03. The van der Waals surface area contributed by atoms with Gasteiger partial charge in [-0.3, -0.25) is 15.1 Å².